The monoisotopic (exact) mass is 469 g/mol. The highest BCUT2D eigenvalue weighted by molar-refractivity contribution is 7.92. The number of halogens is 1. The summed E-state index contributed by atoms with van der Waals surface area (Å²) in [6.45, 7) is 3.94. The third-order valence-electron chi connectivity index (χ3n) is 6.56. The number of carbonyl (C=O) groups is 1. The van der Waals surface area contributed by atoms with E-state index in [2.05, 4.69) is 16.7 Å². The van der Waals surface area contributed by atoms with Crippen LogP contribution in [0.5, 0.6) is 0 Å². The lowest BCUT2D eigenvalue weighted by Crippen LogP contribution is -2.57. The summed E-state index contributed by atoms with van der Waals surface area (Å²) in [5, 5.41) is 14.8. The predicted molar refractivity (Wildman–Crippen MR) is 122 cm³/mol. The number of nitrogens with one attached hydrogen (secondary N) is 2. The van der Waals surface area contributed by atoms with Crippen LogP contribution in [0.15, 0.2) is 59.5 Å². The summed E-state index contributed by atoms with van der Waals surface area (Å²) in [5.41, 5.74) is -1.45. The number of hydrogen-bond donors (Lipinski definition) is 2. The number of hydrogen-bond acceptors (Lipinski definition) is 5. The van der Waals surface area contributed by atoms with Gasteiger partial charge in [0.15, 0.2) is 9.84 Å². The van der Waals surface area contributed by atoms with Crippen LogP contribution >= 0.6 is 0 Å². The minimum Gasteiger partial charge on any atom is -0.336 e. The average molecular weight is 470 g/mol. The van der Waals surface area contributed by atoms with E-state index in [4.69, 9.17) is 0 Å². The molecule has 1 saturated heterocycles. The molecule has 1 amide bonds. The zero-order valence-corrected chi connectivity index (χ0v) is 19.5. The minimum atomic E-state index is -3.82. The van der Waals surface area contributed by atoms with E-state index in [9.17, 15) is 22.9 Å². The molecule has 2 aromatic rings. The third kappa shape index (κ3) is 4.53. The summed E-state index contributed by atoms with van der Waals surface area (Å²) in [7, 11) is -3.82. The SMILES string of the molecule is CC(C)C[C@]1(C(=O)NC2(C#N)CC2)C[C@H](S(=O)(=O)c2ccccc2)C(c2ccc(F)cc2)N1. The molecular weight excluding hydrogens is 441 g/mol. The van der Waals surface area contributed by atoms with Crippen molar-refractivity contribution in [3.8, 4) is 6.07 Å². The summed E-state index contributed by atoms with van der Waals surface area (Å²) in [6, 6.07) is 15.3. The Balaban J connectivity index is 1.78. The second-order valence-corrected chi connectivity index (χ2v) is 11.8. The maximum absolute atomic E-state index is 13.7. The van der Waals surface area contributed by atoms with Gasteiger partial charge in [-0.1, -0.05) is 44.2 Å². The van der Waals surface area contributed by atoms with Gasteiger partial charge in [0.2, 0.25) is 5.91 Å². The highest BCUT2D eigenvalue weighted by atomic mass is 32.2. The molecule has 2 aliphatic rings. The molecule has 2 aromatic carbocycles. The fourth-order valence-electron chi connectivity index (χ4n) is 4.77. The van der Waals surface area contributed by atoms with Crippen LogP contribution in [0.1, 0.15) is 51.1 Å². The van der Waals surface area contributed by atoms with Crippen LogP contribution in [0.3, 0.4) is 0 Å². The first-order valence-electron chi connectivity index (χ1n) is 11.2. The molecule has 6 nitrogen and oxygen atoms in total. The zero-order valence-electron chi connectivity index (χ0n) is 18.7. The predicted octanol–water partition coefficient (Wildman–Crippen LogP) is 3.66. The van der Waals surface area contributed by atoms with Crippen molar-refractivity contribution in [3.05, 3.63) is 66.0 Å². The maximum atomic E-state index is 13.7. The van der Waals surface area contributed by atoms with Gasteiger partial charge >= 0.3 is 0 Å². The van der Waals surface area contributed by atoms with E-state index in [-0.39, 0.29) is 23.1 Å². The number of nitriles is 1. The Hall–Kier alpha value is -2.76. The summed E-state index contributed by atoms with van der Waals surface area (Å²) >= 11 is 0. The Bertz CT molecular complexity index is 1170. The molecule has 0 radical (unpaired) electrons. The standard InChI is InChI=1S/C25H28FN3O3S/c1-17(2)14-25(23(30)29-24(16-27)12-13-24)15-21(33(31,32)20-6-4-3-5-7-20)22(28-25)18-8-10-19(26)11-9-18/h3-11,17,21-22,28H,12-15H2,1-2H3,(H,29,30)/t21-,22?,25+/m0/s1. The maximum Gasteiger partial charge on any atom is 0.241 e. The van der Waals surface area contributed by atoms with E-state index >= 15 is 0 Å². The van der Waals surface area contributed by atoms with Crippen LogP contribution in [0.4, 0.5) is 4.39 Å². The number of benzene rings is 2. The van der Waals surface area contributed by atoms with Crippen LogP contribution in [-0.4, -0.2) is 30.7 Å². The zero-order chi connectivity index (χ0) is 23.9. The van der Waals surface area contributed by atoms with Gasteiger partial charge in [-0.05, 0) is 61.4 Å². The number of carbonyl (C=O) groups excluding carboxylic acids is 1. The van der Waals surface area contributed by atoms with Crippen LogP contribution < -0.4 is 10.6 Å². The number of nitrogens with zero attached hydrogens (tertiary/aromatic N) is 1. The fraction of sp³-hybridized carbons (Fsp3) is 0.440. The van der Waals surface area contributed by atoms with E-state index in [0.717, 1.165) is 0 Å². The van der Waals surface area contributed by atoms with Crippen LogP contribution in [-0.2, 0) is 14.6 Å². The van der Waals surface area contributed by atoms with Gasteiger partial charge in [-0.2, -0.15) is 5.26 Å². The van der Waals surface area contributed by atoms with Crippen molar-refractivity contribution < 1.29 is 17.6 Å². The molecule has 1 unspecified atom stereocenters. The summed E-state index contributed by atoms with van der Waals surface area (Å²) in [6.07, 6.45) is 1.62. The lowest BCUT2D eigenvalue weighted by atomic mass is 9.86. The Labute approximate surface area is 194 Å². The Morgan fingerprint density at radius 1 is 1.18 bits per heavy atom. The molecule has 4 rings (SSSR count). The molecule has 1 aliphatic heterocycles. The van der Waals surface area contributed by atoms with E-state index < -0.39 is 38.0 Å². The normalized spacial score (nSPS) is 26.0. The number of amides is 1. The van der Waals surface area contributed by atoms with E-state index in [1.165, 1.54) is 12.1 Å². The van der Waals surface area contributed by atoms with Gasteiger partial charge in [0.05, 0.1) is 27.8 Å². The van der Waals surface area contributed by atoms with Gasteiger partial charge in [-0.15, -0.1) is 0 Å². The first-order chi connectivity index (χ1) is 15.6. The van der Waals surface area contributed by atoms with Crippen molar-refractivity contribution in [3.63, 3.8) is 0 Å². The summed E-state index contributed by atoms with van der Waals surface area (Å²) in [5.74, 6) is -0.684. The molecule has 3 atom stereocenters. The van der Waals surface area contributed by atoms with Crippen molar-refractivity contribution in [1.82, 2.24) is 10.6 Å². The molecule has 174 valence electrons. The van der Waals surface area contributed by atoms with Gasteiger partial charge in [-0.25, -0.2) is 12.8 Å². The van der Waals surface area contributed by atoms with E-state index in [1.54, 1.807) is 42.5 Å². The van der Waals surface area contributed by atoms with Crippen LogP contribution in [0, 0.1) is 23.1 Å². The molecule has 2 fully saturated rings. The topological polar surface area (TPSA) is 99.1 Å². The molecule has 0 spiro atoms. The van der Waals surface area contributed by atoms with Gasteiger partial charge in [0, 0.05) is 0 Å². The second kappa shape index (κ2) is 8.54. The Kier molecular flexibility index (Phi) is 6.06. The van der Waals surface area contributed by atoms with Crippen molar-refractivity contribution >= 4 is 15.7 Å². The van der Waals surface area contributed by atoms with Crippen molar-refractivity contribution in [2.75, 3.05) is 0 Å². The highest BCUT2D eigenvalue weighted by Gasteiger charge is 2.57. The molecule has 33 heavy (non-hydrogen) atoms. The first kappa shape index (κ1) is 23.4. The van der Waals surface area contributed by atoms with Gasteiger partial charge in [0.25, 0.3) is 0 Å². The highest BCUT2D eigenvalue weighted by Crippen LogP contribution is 2.44. The van der Waals surface area contributed by atoms with Crippen LogP contribution in [0.2, 0.25) is 0 Å². The summed E-state index contributed by atoms with van der Waals surface area (Å²) in [4.78, 5) is 13.8. The quantitative estimate of drug-likeness (QED) is 0.645. The molecule has 8 heteroatoms. The molecule has 1 heterocycles. The number of rotatable bonds is 7. The van der Waals surface area contributed by atoms with Gasteiger partial charge in [-0.3, -0.25) is 10.1 Å². The molecule has 1 saturated carbocycles. The molecular formula is C25H28FN3O3S. The summed E-state index contributed by atoms with van der Waals surface area (Å²) < 4.78 is 41.1. The molecule has 0 aromatic heterocycles. The molecule has 1 aliphatic carbocycles. The van der Waals surface area contributed by atoms with Crippen molar-refractivity contribution in [2.45, 2.75) is 66.8 Å². The van der Waals surface area contributed by atoms with Gasteiger partial charge in [0.1, 0.15) is 11.4 Å². The third-order valence-corrected chi connectivity index (χ3v) is 8.73. The van der Waals surface area contributed by atoms with E-state index in [1.807, 2.05) is 13.8 Å². The minimum absolute atomic E-state index is 0.0534. The lowest BCUT2D eigenvalue weighted by Gasteiger charge is -2.32. The molecule has 0 bridgehead atoms. The van der Waals surface area contributed by atoms with Crippen LogP contribution in [0.25, 0.3) is 0 Å². The Morgan fingerprint density at radius 3 is 2.36 bits per heavy atom. The molecule has 2 N–H and O–H groups in total. The second-order valence-electron chi connectivity index (χ2n) is 9.60. The Morgan fingerprint density at radius 2 is 1.82 bits per heavy atom. The number of sulfone groups is 1. The fourth-order valence-corrected chi connectivity index (χ4v) is 6.74. The average Bonchev–Trinajstić information content (AvgIpc) is 3.45. The largest absolute Gasteiger partial charge is 0.336 e. The van der Waals surface area contributed by atoms with Crippen molar-refractivity contribution in [2.24, 2.45) is 5.92 Å². The lowest BCUT2D eigenvalue weighted by molar-refractivity contribution is -0.128. The van der Waals surface area contributed by atoms with Gasteiger partial charge < -0.3 is 5.32 Å². The first-order valence-corrected chi connectivity index (χ1v) is 12.7. The van der Waals surface area contributed by atoms with Crippen molar-refractivity contribution in [1.29, 1.82) is 5.26 Å². The van der Waals surface area contributed by atoms with E-state index in [0.29, 0.717) is 24.8 Å². The smallest absolute Gasteiger partial charge is 0.241 e.